The summed E-state index contributed by atoms with van der Waals surface area (Å²) in [6, 6.07) is 0.647. The molecule has 1 unspecified atom stereocenters. The van der Waals surface area contributed by atoms with Crippen molar-refractivity contribution in [3.8, 4) is 0 Å². The Morgan fingerprint density at radius 2 is 2.33 bits per heavy atom. The Kier molecular flexibility index (Phi) is 2.37. The van der Waals surface area contributed by atoms with Gasteiger partial charge in [0.15, 0.2) is 0 Å². The summed E-state index contributed by atoms with van der Waals surface area (Å²) in [7, 11) is 0. The molecule has 0 radical (unpaired) electrons. The molecule has 1 heterocycles. The molecule has 0 aromatic heterocycles. The lowest BCUT2D eigenvalue weighted by molar-refractivity contribution is 0.188. The molecule has 2 fully saturated rings. The summed E-state index contributed by atoms with van der Waals surface area (Å²) in [4.78, 5) is 0. The minimum Gasteiger partial charge on any atom is -0.380 e. The van der Waals surface area contributed by atoms with Crippen molar-refractivity contribution in [1.29, 1.82) is 0 Å². The zero-order valence-corrected chi connectivity index (χ0v) is 7.94. The van der Waals surface area contributed by atoms with Gasteiger partial charge in [0.2, 0.25) is 0 Å². The Hall–Kier alpha value is -0.0800. The molecule has 2 aliphatic rings. The van der Waals surface area contributed by atoms with Crippen molar-refractivity contribution in [1.82, 2.24) is 5.32 Å². The molecule has 2 heteroatoms. The average molecular weight is 169 g/mol. The Morgan fingerprint density at radius 3 is 2.83 bits per heavy atom. The highest BCUT2D eigenvalue weighted by molar-refractivity contribution is 4.94. The van der Waals surface area contributed by atoms with E-state index in [0.717, 1.165) is 13.2 Å². The SMILES string of the molecule is CCC1(CNC2CCOC2)CC1. The van der Waals surface area contributed by atoms with Gasteiger partial charge in [-0.25, -0.2) is 0 Å². The van der Waals surface area contributed by atoms with E-state index in [9.17, 15) is 0 Å². The van der Waals surface area contributed by atoms with E-state index in [1.54, 1.807) is 0 Å². The Morgan fingerprint density at radius 1 is 1.50 bits per heavy atom. The second-order valence-electron chi connectivity index (χ2n) is 4.29. The summed E-state index contributed by atoms with van der Waals surface area (Å²) in [5, 5.41) is 3.61. The summed E-state index contributed by atoms with van der Waals surface area (Å²) < 4.78 is 5.31. The fourth-order valence-corrected chi connectivity index (χ4v) is 1.89. The molecule has 1 atom stereocenters. The third-order valence-electron chi connectivity index (χ3n) is 3.40. The van der Waals surface area contributed by atoms with E-state index < -0.39 is 0 Å². The quantitative estimate of drug-likeness (QED) is 0.689. The first-order valence-electron chi connectivity index (χ1n) is 5.16. The van der Waals surface area contributed by atoms with Crippen LogP contribution in [0.1, 0.15) is 32.6 Å². The first kappa shape index (κ1) is 8.52. The van der Waals surface area contributed by atoms with Crippen LogP contribution in [0.3, 0.4) is 0 Å². The van der Waals surface area contributed by atoms with E-state index in [2.05, 4.69) is 12.2 Å². The molecule has 1 N–H and O–H groups in total. The zero-order valence-electron chi connectivity index (χ0n) is 7.94. The summed E-state index contributed by atoms with van der Waals surface area (Å²) >= 11 is 0. The van der Waals surface area contributed by atoms with Crippen LogP contribution in [0.2, 0.25) is 0 Å². The van der Waals surface area contributed by atoms with Gasteiger partial charge in [-0.3, -0.25) is 0 Å². The van der Waals surface area contributed by atoms with Crippen LogP contribution in [-0.2, 0) is 4.74 Å². The maximum absolute atomic E-state index is 5.31. The van der Waals surface area contributed by atoms with Crippen LogP contribution < -0.4 is 5.32 Å². The smallest absolute Gasteiger partial charge is 0.0620 e. The second kappa shape index (κ2) is 3.35. The van der Waals surface area contributed by atoms with E-state index in [1.807, 2.05) is 0 Å². The molecule has 1 aliphatic heterocycles. The van der Waals surface area contributed by atoms with Gasteiger partial charge >= 0.3 is 0 Å². The highest BCUT2D eigenvalue weighted by atomic mass is 16.5. The molecular formula is C10H19NO. The minimum absolute atomic E-state index is 0.647. The third-order valence-corrected chi connectivity index (χ3v) is 3.40. The van der Waals surface area contributed by atoms with E-state index in [4.69, 9.17) is 4.74 Å². The molecule has 0 aromatic rings. The lowest BCUT2D eigenvalue weighted by Gasteiger charge is -2.16. The van der Waals surface area contributed by atoms with E-state index in [-0.39, 0.29) is 0 Å². The standard InChI is InChI=1S/C10H19NO/c1-2-10(4-5-10)8-11-9-3-6-12-7-9/h9,11H,2-8H2,1H3. The number of ether oxygens (including phenoxy) is 1. The highest BCUT2D eigenvalue weighted by Gasteiger charge is 2.40. The molecule has 1 saturated heterocycles. The summed E-state index contributed by atoms with van der Waals surface area (Å²) in [6.45, 7) is 5.41. The number of hydrogen-bond donors (Lipinski definition) is 1. The Balaban J connectivity index is 1.67. The lowest BCUT2D eigenvalue weighted by atomic mass is 10.0. The molecule has 0 aromatic carbocycles. The van der Waals surface area contributed by atoms with E-state index in [1.165, 1.54) is 32.2 Å². The van der Waals surface area contributed by atoms with Crippen molar-refractivity contribution >= 4 is 0 Å². The van der Waals surface area contributed by atoms with Crippen molar-refractivity contribution in [2.24, 2.45) is 5.41 Å². The fourth-order valence-electron chi connectivity index (χ4n) is 1.89. The molecule has 0 amide bonds. The van der Waals surface area contributed by atoms with Crippen molar-refractivity contribution in [3.63, 3.8) is 0 Å². The third kappa shape index (κ3) is 1.80. The van der Waals surface area contributed by atoms with Gasteiger partial charge in [0.05, 0.1) is 6.61 Å². The summed E-state index contributed by atoms with van der Waals surface area (Å²) in [5.74, 6) is 0. The maximum Gasteiger partial charge on any atom is 0.0620 e. The number of rotatable bonds is 4. The normalized spacial score (nSPS) is 32.2. The van der Waals surface area contributed by atoms with Crippen LogP contribution in [0, 0.1) is 5.41 Å². The number of hydrogen-bond acceptors (Lipinski definition) is 2. The largest absolute Gasteiger partial charge is 0.380 e. The van der Waals surface area contributed by atoms with Gasteiger partial charge in [0, 0.05) is 19.2 Å². The van der Waals surface area contributed by atoms with Gasteiger partial charge in [-0.1, -0.05) is 6.92 Å². The molecule has 1 saturated carbocycles. The van der Waals surface area contributed by atoms with Gasteiger partial charge in [-0.2, -0.15) is 0 Å². The van der Waals surface area contributed by atoms with Crippen LogP contribution in [-0.4, -0.2) is 25.8 Å². The van der Waals surface area contributed by atoms with Gasteiger partial charge in [0.1, 0.15) is 0 Å². The van der Waals surface area contributed by atoms with Crippen LogP contribution in [0.15, 0.2) is 0 Å². The molecule has 2 nitrogen and oxygen atoms in total. The molecular weight excluding hydrogens is 150 g/mol. The van der Waals surface area contributed by atoms with Crippen molar-refractivity contribution in [2.45, 2.75) is 38.6 Å². The van der Waals surface area contributed by atoms with Crippen LogP contribution in [0.5, 0.6) is 0 Å². The molecule has 0 spiro atoms. The molecule has 70 valence electrons. The van der Waals surface area contributed by atoms with Crippen molar-refractivity contribution in [2.75, 3.05) is 19.8 Å². The zero-order chi connectivity index (χ0) is 8.44. The van der Waals surface area contributed by atoms with Gasteiger partial charge in [0.25, 0.3) is 0 Å². The van der Waals surface area contributed by atoms with Gasteiger partial charge < -0.3 is 10.1 Å². The first-order valence-corrected chi connectivity index (χ1v) is 5.16. The van der Waals surface area contributed by atoms with Crippen LogP contribution >= 0.6 is 0 Å². The predicted molar refractivity (Wildman–Crippen MR) is 49.2 cm³/mol. The predicted octanol–water partition coefficient (Wildman–Crippen LogP) is 1.56. The summed E-state index contributed by atoms with van der Waals surface area (Å²) in [5.41, 5.74) is 0.683. The van der Waals surface area contributed by atoms with Crippen molar-refractivity contribution in [3.05, 3.63) is 0 Å². The van der Waals surface area contributed by atoms with Crippen LogP contribution in [0.25, 0.3) is 0 Å². The molecule has 2 rings (SSSR count). The maximum atomic E-state index is 5.31. The van der Waals surface area contributed by atoms with Crippen LogP contribution in [0.4, 0.5) is 0 Å². The Bertz CT molecular complexity index is 148. The highest BCUT2D eigenvalue weighted by Crippen LogP contribution is 2.47. The van der Waals surface area contributed by atoms with E-state index in [0.29, 0.717) is 11.5 Å². The fraction of sp³-hybridized carbons (Fsp3) is 1.00. The first-order chi connectivity index (χ1) is 5.85. The average Bonchev–Trinajstić information content (AvgIpc) is 2.70. The molecule has 1 aliphatic carbocycles. The van der Waals surface area contributed by atoms with Gasteiger partial charge in [-0.15, -0.1) is 0 Å². The number of nitrogens with one attached hydrogen (secondary N) is 1. The topological polar surface area (TPSA) is 21.3 Å². The second-order valence-corrected chi connectivity index (χ2v) is 4.29. The lowest BCUT2D eigenvalue weighted by Crippen LogP contribution is -2.34. The molecule has 0 bridgehead atoms. The van der Waals surface area contributed by atoms with E-state index >= 15 is 0 Å². The minimum atomic E-state index is 0.647. The molecule has 12 heavy (non-hydrogen) atoms. The summed E-state index contributed by atoms with van der Waals surface area (Å²) in [6.07, 6.45) is 5.42. The van der Waals surface area contributed by atoms with Gasteiger partial charge in [-0.05, 0) is 31.1 Å². The van der Waals surface area contributed by atoms with Crippen molar-refractivity contribution < 1.29 is 4.74 Å². The monoisotopic (exact) mass is 169 g/mol. The Labute approximate surface area is 74.7 Å².